The first kappa shape index (κ1) is 23.7. The van der Waals surface area contributed by atoms with E-state index in [1.165, 1.54) is 37.8 Å². The lowest BCUT2D eigenvalue weighted by Gasteiger charge is -2.11. The highest BCUT2D eigenvalue weighted by Crippen LogP contribution is 2.33. The van der Waals surface area contributed by atoms with Crippen molar-refractivity contribution in [3.63, 3.8) is 0 Å². The second-order valence-electron chi connectivity index (χ2n) is 10.3. The smallest absolute Gasteiger partial charge is 0.138 e. The van der Waals surface area contributed by atoms with Crippen LogP contribution in [0.1, 0.15) is 31.2 Å². The topological polar surface area (TPSA) is 95.2 Å². The van der Waals surface area contributed by atoms with Crippen LogP contribution in [0.3, 0.4) is 0 Å². The molecule has 1 aromatic carbocycles. The molecule has 0 aliphatic heterocycles. The first-order valence-corrected chi connectivity index (χ1v) is 13.5. The van der Waals surface area contributed by atoms with Gasteiger partial charge in [-0.2, -0.15) is 5.10 Å². The zero-order valence-electron chi connectivity index (χ0n) is 21.4. The zero-order valence-corrected chi connectivity index (χ0v) is 21.4. The number of pyridine rings is 3. The molecule has 0 radical (unpaired) electrons. The Morgan fingerprint density at radius 1 is 0.949 bits per heavy atom. The van der Waals surface area contributed by atoms with Crippen molar-refractivity contribution < 1.29 is 4.39 Å². The molecule has 0 bridgehead atoms. The van der Waals surface area contributed by atoms with E-state index in [9.17, 15) is 4.39 Å². The Hall–Kier alpha value is -4.43. The molecular weight excluding hydrogens is 489 g/mol. The van der Waals surface area contributed by atoms with E-state index in [0.717, 1.165) is 80.4 Å². The van der Waals surface area contributed by atoms with Gasteiger partial charge in [-0.05, 0) is 84.5 Å². The van der Waals surface area contributed by atoms with E-state index in [2.05, 4.69) is 36.5 Å². The summed E-state index contributed by atoms with van der Waals surface area (Å²) in [5, 5.41) is 12.2. The van der Waals surface area contributed by atoms with Crippen LogP contribution in [0.25, 0.3) is 55.8 Å². The van der Waals surface area contributed by atoms with Crippen LogP contribution < -0.4 is 5.32 Å². The van der Waals surface area contributed by atoms with Crippen LogP contribution >= 0.6 is 0 Å². The van der Waals surface area contributed by atoms with Crippen molar-refractivity contribution in [2.24, 2.45) is 5.92 Å². The van der Waals surface area contributed by atoms with Crippen LogP contribution in [0.2, 0.25) is 0 Å². The van der Waals surface area contributed by atoms with E-state index < -0.39 is 0 Å². The van der Waals surface area contributed by atoms with Crippen LogP contribution in [0.4, 0.5) is 4.39 Å². The number of fused-ring (bicyclic) bond motifs is 2. The Balaban J connectivity index is 1.20. The Morgan fingerprint density at radius 3 is 2.69 bits per heavy atom. The standard InChI is InChI=1S/C31H28FN7/c32-23-7-5-21(6-8-23)24-11-12-35-31-25(24)14-28(37-31)30-29-27(38-39-30)10-9-26(36-29)22-13-20(17-34-18-22)16-33-15-19-3-1-2-4-19/h5-14,17-19,33H,1-4,15-16H2,(H,35,37)(H,38,39). The Labute approximate surface area is 224 Å². The van der Waals surface area contributed by atoms with Crippen molar-refractivity contribution in [3.8, 4) is 33.8 Å². The third-order valence-electron chi connectivity index (χ3n) is 7.68. The molecule has 39 heavy (non-hydrogen) atoms. The van der Waals surface area contributed by atoms with Crippen LogP contribution in [0.5, 0.6) is 0 Å². The molecule has 0 amide bonds. The molecule has 7 rings (SSSR count). The van der Waals surface area contributed by atoms with Crippen LogP contribution in [0, 0.1) is 11.7 Å². The molecule has 5 heterocycles. The SMILES string of the molecule is Fc1ccc(-c2ccnc3[nH]c(-c4n[nH]c5ccc(-c6cncc(CNCC7CCCC7)c6)nc45)cc23)cc1. The Kier molecular flexibility index (Phi) is 6.09. The average Bonchev–Trinajstić information content (AvgIpc) is 3.73. The molecule has 7 nitrogen and oxygen atoms in total. The first-order valence-electron chi connectivity index (χ1n) is 13.5. The van der Waals surface area contributed by atoms with Crippen LogP contribution in [-0.2, 0) is 6.54 Å². The van der Waals surface area contributed by atoms with Gasteiger partial charge in [0.1, 0.15) is 22.7 Å². The molecule has 3 N–H and O–H groups in total. The lowest BCUT2D eigenvalue weighted by atomic mass is 10.0. The molecular formula is C31H28FN7. The summed E-state index contributed by atoms with van der Waals surface area (Å²) < 4.78 is 13.5. The molecule has 194 valence electrons. The number of aromatic nitrogens is 6. The summed E-state index contributed by atoms with van der Waals surface area (Å²) in [4.78, 5) is 17.4. The maximum atomic E-state index is 13.5. The van der Waals surface area contributed by atoms with Crippen molar-refractivity contribution >= 4 is 22.1 Å². The van der Waals surface area contributed by atoms with Gasteiger partial charge in [-0.3, -0.25) is 10.1 Å². The zero-order chi connectivity index (χ0) is 26.2. The summed E-state index contributed by atoms with van der Waals surface area (Å²) >= 11 is 0. The van der Waals surface area contributed by atoms with Crippen molar-refractivity contribution in [1.29, 1.82) is 0 Å². The number of halogens is 1. The minimum absolute atomic E-state index is 0.259. The van der Waals surface area contributed by atoms with Gasteiger partial charge < -0.3 is 10.3 Å². The summed E-state index contributed by atoms with van der Waals surface area (Å²) in [6.07, 6.45) is 10.9. The third kappa shape index (κ3) is 4.68. The third-order valence-corrected chi connectivity index (χ3v) is 7.68. The second-order valence-corrected chi connectivity index (χ2v) is 10.3. The summed E-state index contributed by atoms with van der Waals surface area (Å²) in [6.45, 7) is 1.87. The molecule has 8 heteroatoms. The van der Waals surface area contributed by atoms with Gasteiger partial charge in [0.2, 0.25) is 0 Å². The Bertz CT molecular complexity index is 1760. The summed E-state index contributed by atoms with van der Waals surface area (Å²) in [7, 11) is 0. The number of nitrogens with zero attached hydrogens (tertiary/aromatic N) is 4. The van der Waals surface area contributed by atoms with Gasteiger partial charge in [0.05, 0.1) is 16.9 Å². The lowest BCUT2D eigenvalue weighted by Crippen LogP contribution is -2.20. The van der Waals surface area contributed by atoms with Crippen molar-refractivity contribution in [1.82, 2.24) is 35.5 Å². The van der Waals surface area contributed by atoms with Crippen molar-refractivity contribution in [2.75, 3.05) is 6.54 Å². The Morgan fingerprint density at radius 2 is 1.82 bits per heavy atom. The molecule has 1 aliphatic carbocycles. The molecule has 1 fully saturated rings. The van der Waals surface area contributed by atoms with E-state index >= 15 is 0 Å². The molecule has 5 aromatic heterocycles. The molecule has 0 saturated heterocycles. The fourth-order valence-corrected chi connectivity index (χ4v) is 5.64. The monoisotopic (exact) mass is 517 g/mol. The van der Waals surface area contributed by atoms with E-state index in [0.29, 0.717) is 0 Å². The number of H-pyrrole nitrogens is 2. The number of nitrogens with one attached hydrogen (secondary N) is 3. The van der Waals surface area contributed by atoms with Gasteiger partial charge in [0.25, 0.3) is 0 Å². The minimum atomic E-state index is -0.259. The number of hydrogen-bond acceptors (Lipinski definition) is 5. The number of rotatable bonds is 7. The molecule has 6 aromatic rings. The van der Waals surface area contributed by atoms with Crippen LogP contribution in [-0.4, -0.2) is 36.7 Å². The maximum absolute atomic E-state index is 13.5. The highest BCUT2D eigenvalue weighted by Gasteiger charge is 2.17. The van der Waals surface area contributed by atoms with Gasteiger partial charge in [0.15, 0.2) is 0 Å². The summed E-state index contributed by atoms with van der Waals surface area (Å²) in [5.74, 6) is 0.543. The number of benzene rings is 1. The van der Waals surface area contributed by atoms with E-state index in [1.807, 2.05) is 36.7 Å². The van der Waals surface area contributed by atoms with Gasteiger partial charge in [-0.25, -0.2) is 14.4 Å². The average molecular weight is 518 g/mol. The number of hydrogen-bond donors (Lipinski definition) is 3. The minimum Gasteiger partial charge on any atom is -0.338 e. The van der Waals surface area contributed by atoms with Crippen molar-refractivity contribution in [2.45, 2.75) is 32.2 Å². The first-order chi connectivity index (χ1) is 19.2. The quantitative estimate of drug-likeness (QED) is 0.220. The highest BCUT2D eigenvalue weighted by molar-refractivity contribution is 5.99. The molecule has 0 unspecified atom stereocenters. The van der Waals surface area contributed by atoms with Gasteiger partial charge in [-0.15, -0.1) is 0 Å². The van der Waals surface area contributed by atoms with Gasteiger partial charge in [-0.1, -0.05) is 25.0 Å². The number of aromatic amines is 2. The molecule has 0 spiro atoms. The van der Waals surface area contributed by atoms with Crippen LogP contribution in [0.15, 0.2) is 73.2 Å². The molecule has 1 aliphatic rings. The van der Waals surface area contributed by atoms with E-state index in [-0.39, 0.29) is 5.82 Å². The fraction of sp³-hybridized carbons (Fsp3) is 0.226. The lowest BCUT2D eigenvalue weighted by molar-refractivity contribution is 0.489. The summed E-state index contributed by atoms with van der Waals surface area (Å²) in [5.41, 5.74) is 8.75. The normalized spacial score (nSPS) is 14.1. The largest absolute Gasteiger partial charge is 0.338 e. The van der Waals surface area contributed by atoms with Gasteiger partial charge >= 0.3 is 0 Å². The highest BCUT2D eigenvalue weighted by atomic mass is 19.1. The predicted octanol–water partition coefficient (Wildman–Crippen LogP) is 6.65. The predicted molar refractivity (Wildman–Crippen MR) is 151 cm³/mol. The molecule has 0 atom stereocenters. The summed E-state index contributed by atoms with van der Waals surface area (Å²) in [6, 6.07) is 16.6. The second kappa shape index (κ2) is 10.0. The fourth-order valence-electron chi connectivity index (χ4n) is 5.64. The van der Waals surface area contributed by atoms with Gasteiger partial charge in [0, 0.05) is 36.1 Å². The van der Waals surface area contributed by atoms with E-state index in [1.54, 1.807) is 18.3 Å². The van der Waals surface area contributed by atoms with E-state index in [4.69, 9.17) is 4.98 Å². The maximum Gasteiger partial charge on any atom is 0.138 e. The molecule has 1 saturated carbocycles. The van der Waals surface area contributed by atoms with Crippen molar-refractivity contribution in [3.05, 3.63) is 84.6 Å².